The van der Waals surface area contributed by atoms with Gasteiger partial charge in [0.15, 0.2) is 0 Å². The first-order valence-electron chi connectivity index (χ1n) is 12.3. The molecule has 1 aliphatic heterocycles. The van der Waals surface area contributed by atoms with Gasteiger partial charge in [-0.25, -0.2) is 0 Å². The monoisotopic (exact) mass is 486 g/mol. The van der Waals surface area contributed by atoms with Gasteiger partial charge in [0.25, 0.3) is 0 Å². The normalized spacial score (nSPS) is 17.9. The van der Waals surface area contributed by atoms with Gasteiger partial charge in [-0.15, -0.1) is 0 Å². The summed E-state index contributed by atoms with van der Waals surface area (Å²) in [7, 11) is 0. The smallest absolute Gasteiger partial charge is 0.398 e. The number of aryl methyl sites for hydroxylation is 1. The molecule has 0 bridgehead atoms. The number of alkyl halides is 3. The Kier molecular flexibility index (Phi) is 8.84. The zero-order chi connectivity index (χ0) is 25.8. The van der Waals surface area contributed by atoms with E-state index < -0.39 is 17.8 Å². The Morgan fingerprint density at radius 3 is 2.57 bits per heavy atom. The summed E-state index contributed by atoms with van der Waals surface area (Å²) in [6.45, 7) is 9.76. The highest BCUT2D eigenvalue weighted by molar-refractivity contribution is 5.68. The second-order valence-electron chi connectivity index (χ2n) is 10.1. The molecule has 0 spiro atoms. The molecule has 3 rings (SSSR count). The lowest BCUT2D eigenvalue weighted by molar-refractivity contribution is -0.138. The zero-order valence-corrected chi connectivity index (χ0v) is 21.1. The largest absolute Gasteiger partial charge is 0.416 e. The number of aliphatic hydroxyl groups is 1. The van der Waals surface area contributed by atoms with Gasteiger partial charge in [-0.1, -0.05) is 49.8 Å². The lowest BCUT2D eigenvalue weighted by atomic mass is 9.96. The number of nitrogens with zero attached hydrogens (tertiary/aromatic N) is 1. The summed E-state index contributed by atoms with van der Waals surface area (Å²) in [6.07, 6.45) is 1.11. The van der Waals surface area contributed by atoms with Gasteiger partial charge in [-0.2, -0.15) is 13.2 Å². The molecule has 1 heterocycles. The molecule has 35 heavy (non-hydrogen) atoms. The van der Waals surface area contributed by atoms with Crippen molar-refractivity contribution < 1.29 is 18.3 Å². The molecule has 190 valence electrons. The number of nitrogen functional groups attached to an aromatic ring is 1. The minimum Gasteiger partial charge on any atom is -0.398 e. The second kappa shape index (κ2) is 11.4. The number of halogens is 3. The van der Waals surface area contributed by atoms with Crippen LogP contribution in [0.2, 0.25) is 0 Å². The van der Waals surface area contributed by atoms with Gasteiger partial charge in [0.05, 0.1) is 11.7 Å². The third-order valence-corrected chi connectivity index (χ3v) is 6.59. The molecule has 0 saturated carbocycles. The maximum Gasteiger partial charge on any atom is 0.416 e. The summed E-state index contributed by atoms with van der Waals surface area (Å²) < 4.78 is 42.0. The summed E-state index contributed by atoms with van der Waals surface area (Å²) in [5, 5.41) is 10.7. The molecule has 1 atom stereocenters. The number of aliphatic hydroxyl groups excluding tert-OH is 1. The molecule has 0 amide bonds. The Hall–Kier alpha value is -2.57. The number of benzene rings is 2. The number of piperidine rings is 1. The third-order valence-electron chi connectivity index (χ3n) is 6.59. The summed E-state index contributed by atoms with van der Waals surface area (Å²) in [5.74, 6) is 0.565. The number of allylic oxidation sites excluding steroid dienone is 2. The lowest BCUT2D eigenvalue weighted by Crippen LogP contribution is -2.31. The highest BCUT2D eigenvalue weighted by Crippen LogP contribution is 2.35. The van der Waals surface area contributed by atoms with E-state index in [1.807, 2.05) is 26.0 Å². The molecule has 3 N–H and O–H groups in total. The van der Waals surface area contributed by atoms with E-state index in [9.17, 15) is 18.3 Å². The standard InChI is InChI=1S/C29H37F3N2O/c1-19(2)7-9-22-6-5-13-34(17-22)18-25-12-11-24(15-26(25)29(30,31)32)28(35)14-21(4)23-10-8-20(3)27(33)16-23/h8-12,14-16,19,28,35H,5-7,13,17-18,33H2,1-4H3/b21-14-,22-9+. The highest BCUT2D eigenvalue weighted by atomic mass is 19.4. The molecule has 2 aromatic carbocycles. The molecular weight excluding hydrogens is 449 g/mol. The minimum absolute atomic E-state index is 0.219. The molecule has 0 radical (unpaired) electrons. The van der Waals surface area contributed by atoms with Gasteiger partial charge >= 0.3 is 6.18 Å². The molecule has 1 aliphatic rings. The van der Waals surface area contributed by atoms with E-state index in [0.29, 0.717) is 18.2 Å². The van der Waals surface area contributed by atoms with E-state index in [1.165, 1.54) is 11.6 Å². The van der Waals surface area contributed by atoms with Crippen molar-refractivity contribution in [1.82, 2.24) is 4.90 Å². The van der Waals surface area contributed by atoms with Crippen LogP contribution in [0, 0.1) is 12.8 Å². The Labute approximate surface area is 207 Å². The van der Waals surface area contributed by atoms with Crippen molar-refractivity contribution in [2.24, 2.45) is 5.92 Å². The Morgan fingerprint density at radius 1 is 1.17 bits per heavy atom. The molecule has 1 saturated heterocycles. The van der Waals surface area contributed by atoms with Crippen molar-refractivity contribution in [3.63, 3.8) is 0 Å². The molecule has 3 nitrogen and oxygen atoms in total. The van der Waals surface area contributed by atoms with Crippen LogP contribution < -0.4 is 5.73 Å². The van der Waals surface area contributed by atoms with E-state index in [2.05, 4.69) is 24.8 Å². The number of hydrogen-bond donors (Lipinski definition) is 2. The fourth-order valence-corrected chi connectivity index (χ4v) is 4.41. The third kappa shape index (κ3) is 7.45. The average Bonchev–Trinajstić information content (AvgIpc) is 2.79. The summed E-state index contributed by atoms with van der Waals surface area (Å²) in [6, 6.07) is 9.78. The molecule has 2 aromatic rings. The minimum atomic E-state index is -4.50. The summed E-state index contributed by atoms with van der Waals surface area (Å²) in [5.41, 5.74) is 10.2. The van der Waals surface area contributed by atoms with Crippen molar-refractivity contribution in [2.45, 2.75) is 65.8 Å². The first-order chi connectivity index (χ1) is 16.4. The maximum atomic E-state index is 14.0. The number of nitrogens with two attached hydrogens (primary N) is 1. The SMILES string of the molecule is C/C(=C/C(O)c1ccc(CN2CCC/C(=C\CC(C)C)C2)c(C(F)(F)F)c1)c1ccc(C)c(N)c1. The maximum absolute atomic E-state index is 14.0. The Bertz CT molecular complexity index is 1090. The first-order valence-corrected chi connectivity index (χ1v) is 12.3. The number of likely N-dealkylation sites (tertiary alicyclic amines) is 1. The fourth-order valence-electron chi connectivity index (χ4n) is 4.41. The van der Waals surface area contributed by atoms with Gasteiger partial charge in [0.1, 0.15) is 0 Å². The van der Waals surface area contributed by atoms with Crippen molar-refractivity contribution >= 4 is 11.3 Å². The van der Waals surface area contributed by atoms with E-state index in [1.54, 1.807) is 18.2 Å². The van der Waals surface area contributed by atoms with Gasteiger partial charge in [-0.3, -0.25) is 4.90 Å². The fraction of sp³-hybridized carbons (Fsp3) is 0.448. The predicted molar refractivity (Wildman–Crippen MR) is 138 cm³/mol. The van der Waals surface area contributed by atoms with Crippen LogP contribution in [0.15, 0.2) is 54.1 Å². The molecule has 0 aliphatic carbocycles. The van der Waals surface area contributed by atoms with Crippen molar-refractivity contribution in [2.75, 3.05) is 18.8 Å². The zero-order valence-electron chi connectivity index (χ0n) is 21.1. The molecular formula is C29H37F3N2O. The van der Waals surface area contributed by atoms with Crippen LogP contribution in [-0.2, 0) is 12.7 Å². The van der Waals surface area contributed by atoms with Crippen LogP contribution in [0.5, 0.6) is 0 Å². The Balaban J connectivity index is 1.82. The predicted octanol–water partition coefficient (Wildman–Crippen LogP) is 7.30. The molecule has 0 aromatic heterocycles. The van der Waals surface area contributed by atoms with Crippen molar-refractivity contribution in [3.05, 3.63) is 81.9 Å². The average molecular weight is 487 g/mol. The van der Waals surface area contributed by atoms with E-state index >= 15 is 0 Å². The van der Waals surface area contributed by atoms with Crippen molar-refractivity contribution in [1.29, 1.82) is 0 Å². The van der Waals surface area contributed by atoms with Crippen LogP contribution in [0.3, 0.4) is 0 Å². The quantitative estimate of drug-likeness (QED) is 0.319. The second-order valence-corrected chi connectivity index (χ2v) is 10.1. The van der Waals surface area contributed by atoms with Crippen LogP contribution in [0.1, 0.15) is 74.0 Å². The van der Waals surface area contributed by atoms with Gasteiger partial charge in [0, 0.05) is 18.8 Å². The summed E-state index contributed by atoms with van der Waals surface area (Å²) >= 11 is 0. The van der Waals surface area contributed by atoms with Gasteiger partial charge in [-0.05, 0) is 91.6 Å². The van der Waals surface area contributed by atoms with Crippen LogP contribution >= 0.6 is 0 Å². The number of hydrogen-bond acceptors (Lipinski definition) is 3. The van der Waals surface area contributed by atoms with E-state index in [-0.39, 0.29) is 17.7 Å². The Morgan fingerprint density at radius 2 is 1.91 bits per heavy atom. The lowest BCUT2D eigenvalue weighted by Gasteiger charge is -2.30. The van der Waals surface area contributed by atoms with E-state index in [4.69, 9.17) is 5.73 Å². The highest BCUT2D eigenvalue weighted by Gasteiger charge is 2.34. The first kappa shape index (κ1) is 27.0. The number of rotatable bonds is 7. The molecule has 1 fully saturated rings. The van der Waals surface area contributed by atoms with E-state index in [0.717, 1.165) is 48.6 Å². The molecule has 6 heteroatoms. The van der Waals surface area contributed by atoms with Crippen LogP contribution in [-0.4, -0.2) is 23.1 Å². The number of anilines is 1. The van der Waals surface area contributed by atoms with Crippen LogP contribution in [0.4, 0.5) is 18.9 Å². The molecule has 1 unspecified atom stereocenters. The topological polar surface area (TPSA) is 49.5 Å². The van der Waals surface area contributed by atoms with Gasteiger partial charge in [0.2, 0.25) is 0 Å². The van der Waals surface area contributed by atoms with Gasteiger partial charge < -0.3 is 10.8 Å². The van der Waals surface area contributed by atoms with Crippen molar-refractivity contribution in [3.8, 4) is 0 Å². The summed E-state index contributed by atoms with van der Waals surface area (Å²) in [4.78, 5) is 2.09. The van der Waals surface area contributed by atoms with Crippen LogP contribution in [0.25, 0.3) is 5.57 Å².